The zero-order chi connectivity index (χ0) is 21.1. The molecule has 0 unspecified atom stereocenters. The van der Waals surface area contributed by atoms with Gasteiger partial charge in [-0.15, -0.1) is 0 Å². The van der Waals surface area contributed by atoms with Crippen LogP contribution in [0, 0.1) is 0 Å². The van der Waals surface area contributed by atoms with Crippen molar-refractivity contribution in [3.63, 3.8) is 0 Å². The van der Waals surface area contributed by atoms with Gasteiger partial charge < -0.3 is 0 Å². The van der Waals surface area contributed by atoms with Crippen LogP contribution in [0.15, 0.2) is 133 Å². The maximum absolute atomic E-state index is 13.9. The summed E-state index contributed by atoms with van der Waals surface area (Å²) >= 11 is 0. The van der Waals surface area contributed by atoms with Gasteiger partial charge in [-0.25, -0.2) is 4.21 Å². The predicted octanol–water partition coefficient (Wildman–Crippen LogP) is 6.82. The topological polar surface area (TPSA) is 17.1 Å². The Bertz CT molecular complexity index is 1160. The fraction of sp³-hybridized carbons (Fsp3) is 0.0345. The van der Waals surface area contributed by atoms with Crippen molar-refractivity contribution in [1.29, 1.82) is 0 Å². The van der Waals surface area contributed by atoms with Gasteiger partial charge in [0.1, 0.15) is 0 Å². The van der Waals surface area contributed by atoms with Crippen molar-refractivity contribution in [1.82, 2.24) is 0 Å². The van der Waals surface area contributed by atoms with Gasteiger partial charge >= 0.3 is 0 Å². The molecule has 150 valence electrons. The Hall–Kier alpha value is -3.49. The minimum Gasteiger partial charge on any atom is -0.249 e. The Kier molecular flexibility index (Phi) is 5.23. The summed E-state index contributed by atoms with van der Waals surface area (Å²) in [6.07, 6.45) is 4.38. The monoisotopic (exact) mass is 418 g/mol. The molecule has 1 heterocycles. The second-order valence-corrected chi connectivity index (χ2v) is 9.04. The standard InChI is InChI=1S/C29H22OS/c30-31-27(23-13-5-1-6-14-23)21-29(25-17-9-3-10-18-25,26-19-11-4-12-20-26)22-28(31)24-15-7-2-8-16-24/h1-22H. The fourth-order valence-electron chi connectivity index (χ4n) is 4.19. The second-order valence-electron chi connectivity index (χ2n) is 7.62. The third kappa shape index (κ3) is 3.60. The van der Waals surface area contributed by atoms with Crippen LogP contribution in [0.3, 0.4) is 0 Å². The van der Waals surface area contributed by atoms with E-state index in [2.05, 4.69) is 60.7 Å². The van der Waals surface area contributed by atoms with Crippen LogP contribution < -0.4 is 0 Å². The molecule has 0 amide bonds. The molecule has 0 atom stereocenters. The van der Waals surface area contributed by atoms with Crippen LogP contribution in [-0.2, 0) is 16.2 Å². The van der Waals surface area contributed by atoms with Gasteiger partial charge in [-0.1, -0.05) is 121 Å². The first-order valence-electron chi connectivity index (χ1n) is 10.4. The van der Waals surface area contributed by atoms with Crippen LogP contribution in [0.2, 0.25) is 0 Å². The lowest BCUT2D eigenvalue weighted by Gasteiger charge is -2.34. The maximum Gasteiger partial charge on any atom is 0.0856 e. The highest BCUT2D eigenvalue weighted by molar-refractivity contribution is 8.03. The normalized spacial score (nSPS) is 15.7. The van der Waals surface area contributed by atoms with E-state index in [9.17, 15) is 4.21 Å². The molecule has 0 radical (unpaired) electrons. The quantitative estimate of drug-likeness (QED) is 0.355. The number of hydrogen-bond acceptors (Lipinski definition) is 1. The maximum atomic E-state index is 13.9. The van der Waals surface area contributed by atoms with Gasteiger partial charge in [0.05, 0.1) is 16.2 Å². The molecular weight excluding hydrogens is 396 g/mol. The minimum absolute atomic E-state index is 0.521. The van der Waals surface area contributed by atoms with Crippen molar-refractivity contribution in [3.05, 3.63) is 156 Å². The molecule has 0 saturated carbocycles. The van der Waals surface area contributed by atoms with Gasteiger partial charge in [-0.3, -0.25) is 0 Å². The van der Waals surface area contributed by atoms with Crippen molar-refractivity contribution in [2.24, 2.45) is 0 Å². The Balaban J connectivity index is 1.85. The Morgan fingerprint density at radius 3 is 1.13 bits per heavy atom. The number of hydrogen-bond donors (Lipinski definition) is 0. The largest absolute Gasteiger partial charge is 0.249 e. The molecule has 2 heteroatoms. The predicted molar refractivity (Wildman–Crippen MR) is 131 cm³/mol. The van der Waals surface area contributed by atoms with Crippen LogP contribution in [0.5, 0.6) is 0 Å². The molecule has 0 aromatic heterocycles. The van der Waals surface area contributed by atoms with Crippen molar-refractivity contribution < 1.29 is 4.21 Å². The summed E-state index contributed by atoms with van der Waals surface area (Å²) in [6.45, 7) is 0. The van der Waals surface area contributed by atoms with Crippen LogP contribution in [-0.4, -0.2) is 4.21 Å². The van der Waals surface area contributed by atoms with Crippen LogP contribution >= 0.6 is 0 Å². The smallest absolute Gasteiger partial charge is 0.0856 e. The molecule has 5 rings (SSSR count). The molecule has 0 saturated heterocycles. The molecule has 1 aliphatic rings. The summed E-state index contributed by atoms with van der Waals surface area (Å²) in [4.78, 5) is 1.68. The minimum atomic E-state index is -1.29. The van der Waals surface area contributed by atoms with E-state index in [0.29, 0.717) is 0 Å². The first kappa shape index (κ1) is 19.5. The van der Waals surface area contributed by atoms with Crippen molar-refractivity contribution in [2.75, 3.05) is 0 Å². The zero-order valence-corrected chi connectivity index (χ0v) is 17.8. The zero-order valence-electron chi connectivity index (χ0n) is 17.0. The van der Waals surface area contributed by atoms with Gasteiger partial charge in [0.25, 0.3) is 0 Å². The van der Waals surface area contributed by atoms with Crippen molar-refractivity contribution in [3.8, 4) is 0 Å². The SMILES string of the molecule is O=S1C(c2ccccc2)=CC(c2ccccc2)(c2ccccc2)C=C1c1ccccc1. The lowest BCUT2D eigenvalue weighted by atomic mass is 9.73. The molecular formula is C29H22OS. The van der Waals surface area contributed by atoms with E-state index in [1.165, 1.54) is 0 Å². The average molecular weight is 419 g/mol. The highest BCUT2D eigenvalue weighted by Crippen LogP contribution is 2.46. The lowest BCUT2D eigenvalue weighted by molar-refractivity contribution is 0.693. The highest BCUT2D eigenvalue weighted by Gasteiger charge is 2.37. The summed E-state index contributed by atoms with van der Waals surface area (Å²) in [6, 6.07) is 41.1. The Morgan fingerprint density at radius 2 is 0.774 bits per heavy atom. The van der Waals surface area contributed by atoms with Gasteiger partial charge in [0, 0.05) is 9.81 Å². The average Bonchev–Trinajstić information content (AvgIpc) is 2.86. The second kappa shape index (κ2) is 8.33. The summed E-state index contributed by atoms with van der Waals surface area (Å²) in [5.74, 6) is 0. The summed E-state index contributed by atoms with van der Waals surface area (Å²) < 4.78 is 13.9. The summed E-state index contributed by atoms with van der Waals surface area (Å²) in [5, 5.41) is 0. The van der Waals surface area contributed by atoms with E-state index in [-0.39, 0.29) is 0 Å². The van der Waals surface area contributed by atoms with Crippen molar-refractivity contribution in [2.45, 2.75) is 5.41 Å². The first-order chi connectivity index (χ1) is 15.3. The number of allylic oxidation sites excluding steroid dienone is 2. The molecule has 0 aliphatic carbocycles. The van der Waals surface area contributed by atoms with Crippen LogP contribution in [0.1, 0.15) is 22.3 Å². The molecule has 0 fully saturated rings. The van der Waals surface area contributed by atoms with Crippen LogP contribution in [0.25, 0.3) is 9.81 Å². The van der Waals surface area contributed by atoms with Gasteiger partial charge in [-0.2, -0.15) is 0 Å². The molecule has 4 aromatic rings. The fourth-order valence-corrected chi connectivity index (χ4v) is 5.72. The van der Waals surface area contributed by atoms with E-state index in [1.807, 2.05) is 72.8 Å². The first-order valence-corrected chi connectivity index (χ1v) is 11.5. The number of rotatable bonds is 4. The Labute approximate surface area is 185 Å². The van der Waals surface area contributed by atoms with E-state index < -0.39 is 16.2 Å². The summed E-state index contributed by atoms with van der Waals surface area (Å²) in [5.41, 5.74) is 3.75. The molecule has 31 heavy (non-hydrogen) atoms. The molecule has 0 spiro atoms. The molecule has 1 aliphatic heterocycles. The van der Waals surface area contributed by atoms with E-state index in [4.69, 9.17) is 0 Å². The van der Waals surface area contributed by atoms with E-state index >= 15 is 0 Å². The van der Waals surface area contributed by atoms with E-state index in [0.717, 1.165) is 32.1 Å². The Morgan fingerprint density at radius 1 is 0.452 bits per heavy atom. The van der Waals surface area contributed by atoms with Crippen molar-refractivity contribution >= 4 is 20.6 Å². The van der Waals surface area contributed by atoms with E-state index in [1.54, 1.807) is 0 Å². The third-order valence-electron chi connectivity index (χ3n) is 5.74. The van der Waals surface area contributed by atoms with Gasteiger partial charge in [0.15, 0.2) is 0 Å². The van der Waals surface area contributed by atoms with Gasteiger partial charge in [-0.05, 0) is 34.4 Å². The molecule has 1 nitrogen and oxygen atoms in total. The van der Waals surface area contributed by atoms with Crippen LogP contribution in [0.4, 0.5) is 0 Å². The molecule has 0 bridgehead atoms. The molecule has 4 aromatic carbocycles. The van der Waals surface area contributed by atoms with Gasteiger partial charge in [0.2, 0.25) is 0 Å². The lowest BCUT2D eigenvalue weighted by Crippen LogP contribution is -2.27. The summed E-state index contributed by atoms with van der Waals surface area (Å²) in [7, 11) is -1.29. The molecule has 0 N–H and O–H groups in total. The number of benzene rings is 4. The highest BCUT2D eigenvalue weighted by atomic mass is 32.2. The third-order valence-corrected chi connectivity index (χ3v) is 7.24.